The van der Waals surface area contributed by atoms with E-state index >= 15 is 0 Å². The van der Waals surface area contributed by atoms with E-state index in [9.17, 15) is 5.11 Å². The van der Waals surface area contributed by atoms with Gasteiger partial charge in [-0.05, 0) is 43.2 Å². The minimum absolute atomic E-state index is 0. The maximum absolute atomic E-state index is 10.3. The van der Waals surface area contributed by atoms with Gasteiger partial charge in [-0.1, -0.05) is 36.4 Å². The summed E-state index contributed by atoms with van der Waals surface area (Å²) in [5.41, 5.74) is 1.96. The van der Waals surface area contributed by atoms with Gasteiger partial charge >= 0.3 is 0 Å². The van der Waals surface area contributed by atoms with Crippen molar-refractivity contribution in [3.63, 3.8) is 0 Å². The molecule has 3 rings (SSSR count). The van der Waals surface area contributed by atoms with E-state index in [4.69, 9.17) is 4.74 Å². The van der Waals surface area contributed by atoms with Crippen molar-refractivity contribution < 1.29 is 9.84 Å². The number of pyridine rings is 1. The summed E-state index contributed by atoms with van der Waals surface area (Å²) < 4.78 is 5.67. The zero-order chi connectivity index (χ0) is 19.6. The van der Waals surface area contributed by atoms with E-state index in [2.05, 4.69) is 20.6 Å². The lowest BCUT2D eigenvalue weighted by Gasteiger charge is -2.14. The molecule has 0 aliphatic heterocycles. The third kappa shape index (κ3) is 8.57. The fourth-order valence-corrected chi connectivity index (χ4v) is 2.76. The lowest BCUT2D eigenvalue weighted by Crippen LogP contribution is -2.38. The molecule has 29 heavy (non-hydrogen) atoms. The fourth-order valence-electron chi connectivity index (χ4n) is 2.76. The number of nitrogens with zero attached hydrogens (tertiary/aromatic N) is 2. The monoisotopic (exact) mass is 510 g/mol. The third-order valence-electron chi connectivity index (χ3n) is 4.62. The second-order valence-corrected chi connectivity index (χ2v) is 7.10. The van der Waals surface area contributed by atoms with Gasteiger partial charge in [0, 0.05) is 25.4 Å². The number of hydrogen-bond acceptors (Lipinski definition) is 4. The SMILES string of the molecule is CCNC(=NCc1ccc(OCC2CC2)nc1)NCCC(O)c1ccccc1.I. The molecule has 1 unspecified atom stereocenters. The summed E-state index contributed by atoms with van der Waals surface area (Å²) in [4.78, 5) is 8.96. The number of ether oxygens (including phenoxy) is 1. The molecule has 158 valence electrons. The Morgan fingerprint density at radius 3 is 2.66 bits per heavy atom. The van der Waals surface area contributed by atoms with E-state index in [1.165, 1.54) is 12.8 Å². The van der Waals surface area contributed by atoms with Crippen LogP contribution in [0.2, 0.25) is 0 Å². The van der Waals surface area contributed by atoms with Crippen LogP contribution in [-0.4, -0.2) is 35.7 Å². The number of aliphatic hydroxyl groups excluding tert-OH is 1. The molecular formula is C22H31IN4O2. The number of aliphatic hydroxyl groups is 1. The molecule has 1 aliphatic rings. The minimum atomic E-state index is -0.482. The summed E-state index contributed by atoms with van der Waals surface area (Å²) in [6, 6.07) is 13.6. The summed E-state index contributed by atoms with van der Waals surface area (Å²) in [6.07, 6.45) is 4.49. The van der Waals surface area contributed by atoms with Crippen molar-refractivity contribution in [3.8, 4) is 5.88 Å². The Morgan fingerprint density at radius 1 is 1.21 bits per heavy atom. The number of aromatic nitrogens is 1. The number of aliphatic imine (C=N–C) groups is 1. The molecule has 1 aromatic carbocycles. The minimum Gasteiger partial charge on any atom is -0.477 e. The van der Waals surface area contributed by atoms with E-state index in [1.807, 2.05) is 55.6 Å². The van der Waals surface area contributed by atoms with Crippen LogP contribution < -0.4 is 15.4 Å². The smallest absolute Gasteiger partial charge is 0.213 e. The molecule has 1 aliphatic carbocycles. The number of rotatable bonds is 10. The number of guanidine groups is 1. The Kier molecular flexibility index (Phi) is 10.2. The van der Waals surface area contributed by atoms with Crippen molar-refractivity contribution in [3.05, 3.63) is 59.8 Å². The second-order valence-electron chi connectivity index (χ2n) is 7.10. The highest BCUT2D eigenvalue weighted by Crippen LogP contribution is 2.29. The van der Waals surface area contributed by atoms with Gasteiger partial charge in [-0.15, -0.1) is 24.0 Å². The molecule has 1 heterocycles. The molecule has 1 saturated carbocycles. The lowest BCUT2D eigenvalue weighted by molar-refractivity contribution is 0.168. The van der Waals surface area contributed by atoms with Gasteiger partial charge in [-0.2, -0.15) is 0 Å². The molecule has 6 nitrogen and oxygen atoms in total. The van der Waals surface area contributed by atoms with Crippen LogP contribution in [0.1, 0.15) is 43.4 Å². The van der Waals surface area contributed by atoms with Gasteiger partial charge in [0.2, 0.25) is 5.88 Å². The standard InChI is InChI=1S/C22H30N4O2.HI/c1-2-23-22(24-13-12-20(27)19-6-4-3-5-7-19)26-15-18-10-11-21(25-14-18)28-16-17-8-9-17;/h3-7,10-11,14,17,20,27H,2,8-9,12-13,15-16H2,1H3,(H2,23,24,26);1H. The summed E-state index contributed by atoms with van der Waals surface area (Å²) in [6.45, 7) is 4.75. The summed E-state index contributed by atoms with van der Waals surface area (Å²) in [5, 5.41) is 16.8. The van der Waals surface area contributed by atoms with Gasteiger partial charge in [0.1, 0.15) is 0 Å². The van der Waals surface area contributed by atoms with Crippen LogP contribution in [-0.2, 0) is 6.54 Å². The second kappa shape index (κ2) is 12.6. The molecule has 0 radical (unpaired) electrons. The molecule has 1 atom stereocenters. The molecule has 7 heteroatoms. The Morgan fingerprint density at radius 2 is 2.00 bits per heavy atom. The van der Waals surface area contributed by atoms with E-state index in [-0.39, 0.29) is 24.0 Å². The predicted molar refractivity (Wildman–Crippen MR) is 127 cm³/mol. The highest BCUT2D eigenvalue weighted by molar-refractivity contribution is 14.0. The van der Waals surface area contributed by atoms with Crippen molar-refractivity contribution in [2.75, 3.05) is 19.7 Å². The largest absolute Gasteiger partial charge is 0.477 e. The number of hydrogen-bond donors (Lipinski definition) is 3. The van der Waals surface area contributed by atoms with Gasteiger partial charge in [0.15, 0.2) is 5.96 Å². The Bertz CT molecular complexity index is 736. The van der Waals surface area contributed by atoms with Crippen LogP contribution in [0, 0.1) is 5.92 Å². The van der Waals surface area contributed by atoms with Gasteiger partial charge in [-0.25, -0.2) is 9.98 Å². The lowest BCUT2D eigenvalue weighted by atomic mass is 10.1. The maximum Gasteiger partial charge on any atom is 0.213 e. The normalized spacial score (nSPS) is 14.6. The van der Waals surface area contributed by atoms with Gasteiger partial charge < -0.3 is 20.5 Å². The van der Waals surface area contributed by atoms with Crippen molar-refractivity contribution in [1.29, 1.82) is 0 Å². The first-order chi connectivity index (χ1) is 13.7. The molecule has 3 N–H and O–H groups in total. The first-order valence-electron chi connectivity index (χ1n) is 10.1. The third-order valence-corrected chi connectivity index (χ3v) is 4.62. The van der Waals surface area contributed by atoms with Crippen LogP contribution >= 0.6 is 24.0 Å². The van der Waals surface area contributed by atoms with Gasteiger partial charge in [-0.3, -0.25) is 0 Å². The van der Waals surface area contributed by atoms with E-state index in [0.717, 1.165) is 36.2 Å². The molecule has 1 fully saturated rings. The Balaban J connectivity index is 0.00000300. The maximum atomic E-state index is 10.3. The van der Waals surface area contributed by atoms with Crippen LogP contribution in [0.3, 0.4) is 0 Å². The average molecular weight is 510 g/mol. The Labute approximate surface area is 190 Å². The molecular weight excluding hydrogens is 479 g/mol. The average Bonchev–Trinajstić information content (AvgIpc) is 3.56. The summed E-state index contributed by atoms with van der Waals surface area (Å²) in [5.74, 6) is 2.14. The molecule has 2 aromatic rings. The van der Waals surface area contributed by atoms with Crippen molar-refractivity contribution in [2.24, 2.45) is 10.9 Å². The van der Waals surface area contributed by atoms with E-state index in [1.54, 1.807) is 0 Å². The molecule has 1 aromatic heterocycles. The van der Waals surface area contributed by atoms with Crippen LogP contribution in [0.25, 0.3) is 0 Å². The molecule has 0 spiro atoms. The van der Waals surface area contributed by atoms with Crippen molar-refractivity contribution in [2.45, 2.75) is 38.8 Å². The highest BCUT2D eigenvalue weighted by Gasteiger charge is 2.22. The van der Waals surface area contributed by atoms with Crippen LogP contribution in [0.5, 0.6) is 5.88 Å². The first-order valence-corrected chi connectivity index (χ1v) is 10.1. The quantitative estimate of drug-likeness (QED) is 0.258. The van der Waals surface area contributed by atoms with E-state index < -0.39 is 6.10 Å². The number of nitrogens with one attached hydrogen (secondary N) is 2. The topological polar surface area (TPSA) is 78.8 Å². The van der Waals surface area contributed by atoms with Crippen molar-refractivity contribution in [1.82, 2.24) is 15.6 Å². The zero-order valence-electron chi connectivity index (χ0n) is 16.9. The number of benzene rings is 1. The molecule has 0 bridgehead atoms. The molecule has 0 amide bonds. The zero-order valence-corrected chi connectivity index (χ0v) is 19.2. The summed E-state index contributed by atoms with van der Waals surface area (Å²) in [7, 11) is 0. The molecule has 0 saturated heterocycles. The van der Waals surface area contributed by atoms with Crippen molar-refractivity contribution >= 4 is 29.9 Å². The van der Waals surface area contributed by atoms with Gasteiger partial charge in [0.25, 0.3) is 0 Å². The van der Waals surface area contributed by atoms with Crippen LogP contribution in [0.15, 0.2) is 53.7 Å². The van der Waals surface area contributed by atoms with Gasteiger partial charge in [0.05, 0.1) is 19.3 Å². The predicted octanol–water partition coefficient (Wildman–Crippen LogP) is 3.67. The fraction of sp³-hybridized carbons (Fsp3) is 0.455. The summed E-state index contributed by atoms with van der Waals surface area (Å²) >= 11 is 0. The Hall–Kier alpha value is -1.87. The van der Waals surface area contributed by atoms with Crippen LogP contribution in [0.4, 0.5) is 0 Å². The first kappa shape index (κ1) is 23.4. The highest BCUT2D eigenvalue weighted by atomic mass is 127. The number of halogens is 1. The van der Waals surface area contributed by atoms with E-state index in [0.29, 0.717) is 25.4 Å².